The van der Waals surface area contributed by atoms with Gasteiger partial charge in [-0.1, -0.05) is 47.5 Å². The van der Waals surface area contributed by atoms with Crippen molar-refractivity contribution in [3.8, 4) is 0 Å². The minimum atomic E-state index is 0.249. The third kappa shape index (κ3) is 3.73. The standard InChI is InChI=1S/C16H17Cl2N/c1-11-3-6-13(10-15(11)18)16(19-2)9-12-4-7-14(17)8-5-12/h3-8,10,16,19H,9H2,1-2H3. The van der Waals surface area contributed by atoms with Crippen LogP contribution in [0.2, 0.25) is 10.0 Å². The van der Waals surface area contributed by atoms with Gasteiger partial charge in [0, 0.05) is 16.1 Å². The first-order valence-corrected chi connectivity index (χ1v) is 7.03. The largest absolute Gasteiger partial charge is 0.313 e. The van der Waals surface area contributed by atoms with Crippen LogP contribution in [0.15, 0.2) is 42.5 Å². The molecule has 100 valence electrons. The summed E-state index contributed by atoms with van der Waals surface area (Å²) in [7, 11) is 1.97. The Balaban J connectivity index is 2.19. The van der Waals surface area contributed by atoms with Crippen LogP contribution in [0, 0.1) is 6.92 Å². The Morgan fingerprint density at radius 1 is 1.05 bits per heavy atom. The fraction of sp³-hybridized carbons (Fsp3) is 0.250. The predicted molar refractivity (Wildman–Crippen MR) is 83.1 cm³/mol. The molecule has 0 bridgehead atoms. The summed E-state index contributed by atoms with van der Waals surface area (Å²) < 4.78 is 0. The van der Waals surface area contributed by atoms with Gasteiger partial charge in [-0.25, -0.2) is 0 Å². The van der Waals surface area contributed by atoms with E-state index < -0.39 is 0 Å². The highest BCUT2D eigenvalue weighted by Crippen LogP contribution is 2.24. The molecule has 2 aromatic carbocycles. The van der Waals surface area contributed by atoms with Crippen LogP contribution in [0.1, 0.15) is 22.7 Å². The van der Waals surface area contributed by atoms with Gasteiger partial charge in [-0.3, -0.25) is 0 Å². The number of hydrogen-bond donors (Lipinski definition) is 1. The van der Waals surface area contributed by atoms with E-state index in [0.29, 0.717) is 0 Å². The maximum Gasteiger partial charge on any atom is 0.0438 e. The van der Waals surface area contributed by atoms with Crippen molar-refractivity contribution in [2.24, 2.45) is 0 Å². The number of likely N-dealkylation sites (N-methyl/N-ethyl adjacent to an activating group) is 1. The molecule has 0 fully saturated rings. The SMILES string of the molecule is CNC(Cc1ccc(Cl)cc1)c1ccc(C)c(Cl)c1. The summed E-state index contributed by atoms with van der Waals surface area (Å²) in [5.74, 6) is 0. The van der Waals surface area contributed by atoms with Gasteiger partial charge in [0.05, 0.1) is 0 Å². The highest BCUT2D eigenvalue weighted by atomic mass is 35.5. The predicted octanol–water partition coefficient (Wildman–Crippen LogP) is 4.81. The number of rotatable bonds is 4. The van der Waals surface area contributed by atoms with Crippen LogP contribution in [0.4, 0.5) is 0 Å². The van der Waals surface area contributed by atoms with E-state index in [1.807, 2.05) is 32.2 Å². The maximum atomic E-state index is 6.19. The van der Waals surface area contributed by atoms with Crippen molar-refractivity contribution in [2.45, 2.75) is 19.4 Å². The molecule has 0 spiro atoms. The molecule has 2 rings (SSSR count). The fourth-order valence-electron chi connectivity index (χ4n) is 2.07. The Hall–Kier alpha value is -1.02. The van der Waals surface area contributed by atoms with E-state index in [-0.39, 0.29) is 6.04 Å². The molecule has 0 heterocycles. The molecular formula is C16H17Cl2N. The summed E-state index contributed by atoms with van der Waals surface area (Å²) >= 11 is 12.1. The van der Waals surface area contributed by atoms with Crippen molar-refractivity contribution in [3.05, 3.63) is 69.2 Å². The molecule has 3 heteroatoms. The average Bonchev–Trinajstić information content (AvgIpc) is 2.41. The lowest BCUT2D eigenvalue weighted by Crippen LogP contribution is -2.18. The maximum absolute atomic E-state index is 6.19. The van der Waals surface area contributed by atoms with E-state index in [1.54, 1.807) is 0 Å². The summed E-state index contributed by atoms with van der Waals surface area (Å²) in [6.45, 7) is 2.01. The highest BCUT2D eigenvalue weighted by molar-refractivity contribution is 6.31. The third-order valence-electron chi connectivity index (χ3n) is 3.30. The Morgan fingerprint density at radius 2 is 1.74 bits per heavy atom. The molecule has 1 nitrogen and oxygen atoms in total. The van der Waals surface area contributed by atoms with Crippen LogP contribution in [0.3, 0.4) is 0 Å². The Kier molecular flexibility index (Phi) is 4.87. The average molecular weight is 294 g/mol. The first-order chi connectivity index (χ1) is 9.10. The number of aryl methyl sites for hydroxylation is 1. The Morgan fingerprint density at radius 3 is 2.32 bits per heavy atom. The van der Waals surface area contributed by atoms with Crippen molar-refractivity contribution in [2.75, 3.05) is 7.05 Å². The molecule has 0 saturated heterocycles. The first kappa shape index (κ1) is 14.4. The van der Waals surface area contributed by atoms with Crippen LogP contribution in [0.25, 0.3) is 0 Å². The Labute approximate surface area is 124 Å². The molecule has 19 heavy (non-hydrogen) atoms. The van der Waals surface area contributed by atoms with Crippen molar-refractivity contribution >= 4 is 23.2 Å². The molecule has 1 unspecified atom stereocenters. The van der Waals surface area contributed by atoms with Gasteiger partial charge in [-0.05, 0) is 55.3 Å². The zero-order valence-corrected chi connectivity index (χ0v) is 12.6. The zero-order valence-electron chi connectivity index (χ0n) is 11.1. The van der Waals surface area contributed by atoms with Gasteiger partial charge in [0.25, 0.3) is 0 Å². The highest BCUT2D eigenvalue weighted by Gasteiger charge is 2.11. The lowest BCUT2D eigenvalue weighted by molar-refractivity contribution is 0.592. The van der Waals surface area contributed by atoms with E-state index in [0.717, 1.165) is 22.0 Å². The summed E-state index contributed by atoms with van der Waals surface area (Å²) in [6, 6.07) is 14.4. The molecule has 0 aliphatic rings. The molecule has 0 radical (unpaired) electrons. The smallest absolute Gasteiger partial charge is 0.0438 e. The molecule has 0 amide bonds. The second-order valence-electron chi connectivity index (χ2n) is 4.68. The van der Waals surface area contributed by atoms with Gasteiger partial charge in [0.2, 0.25) is 0 Å². The van der Waals surface area contributed by atoms with E-state index >= 15 is 0 Å². The lowest BCUT2D eigenvalue weighted by atomic mass is 9.98. The van der Waals surface area contributed by atoms with E-state index in [2.05, 4.69) is 29.6 Å². The molecule has 1 N–H and O–H groups in total. The normalized spacial score (nSPS) is 12.4. The molecule has 0 saturated carbocycles. The van der Waals surface area contributed by atoms with E-state index in [9.17, 15) is 0 Å². The second-order valence-corrected chi connectivity index (χ2v) is 5.52. The summed E-state index contributed by atoms with van der Waals surface area (Å²) in [6.07, 6.45) is 0.910. The molecule has 0 aliphatic carbocycles. The second kappa shape index (κ2) is 6.42. The number of benzene rings is 2. The monoisotopic (exact) mass is 293 g/mol. The van der Waals surface area contributed by atoms with Gasteiger partial charge in [-0.15, -0.1) is 0 Å². The van der Waals surface area contributed by atoms with Crippen LogP contribution >= 0.6 is 23.2 Å². The van der Waals surface area contributed by atoms with Gasteiger partial charge < -0.3 is 5.32 Å². The lowest BCUT2D eigenvalue weighted by Gasteiger charge is -2.17. The molecule has 0 aliphatic heterocycles. The van der Waals surface area contributed by atoms with Gasteiger partial charge in [0.1, 0.15) is 0 Å². The number of hydrogen-bond acceptors (Lipinski definition) is 1. The summed E-state index contributed by atoms with van der Waals surface area (Å²) in [4.78, 5) is 0. The molecule has 2 aromatic rings. The van der Waals surface area contributed by atoms with Crippen LogP contribution in [-0.2, 0) is 6.42 Å². The summed E-state index contributed by atoms with van der Waals surface area (Å²) in [5, 5.41) is 4.92. The fourth-order valence-corrected chi connectivity index (χ4v) is 2.38. The number of nitrogens with one attached hydrogen (secondary N) is 1. The van der Waals surface area contributed by atoms with Crippen LogP contribution in [-0.4, -0.2) is 7.05 Å². The van der Waals surface area contributed by atoms with Crippen molar-refractivity contribution in [1.82, 2.24) is 5.32 Å². The van der Waals surface area contributed by atoms with Crippen LogP contribution in [0.5, 0.6) is 0 Å². The van der Waals surface area contributed by atoms with Crippen LogP contribution < -0.4 is 5.32 Å². The van der Waals surface area contributed by atoms with Crippen molar-refractivity contribution < 1.29 is 0 Å². The van der Waals surface area contributed by atoms with Gasteiger partial charge in [-0.2, -0.15) is 0 Å². The molecule has 0 aromatic heterocycles. The quantitative estimate of drug-likeness (QED) is 0.853. The summed E-state index contributed by atoms with van der Waals surface area (Å²) in [5.41, 5.74) is 3.56. The first-order valence-electron chi connectivity index (χ1n) is 6.28. The van der Waals surface area contributed by atoms with Crippen molar-refractivity contribution in [3.63, 3.8) is 0 Å². The zero-order chi connectivity index (χ0) is 13.8. The van der Waals surface area contributed by atoms with E-state index in [1.165, 1.54) is 11.1 Å². The molecular weight excluding hydrogens is 277 g/mol. The van der Waals surface area contributed by atoms with Gasteiger partial charge in [0.15, 0.2) is 0 Å². The molecule has 1 atom stereocenters. The third-order valence-corrected chi connectivity index (χ3v) is 3.96. The topological polar surface area (TPSA) is 12.0 Å². The van der Waals surface area contributed by atoms with E-state index in [4.69, 9.17) is 23.2 Å². The Bertz CT molecular complexity index is 549. The van der Waals surface area contributed by atoms with Crippen molar-refractivity contribution in [1.29, 1.82) is 0 Å². The van der Waals surface area contributed by atoms with Gasteiger partial charge >= 0.3 is 0 Å². The number of halogens is 2. The minimum absolute atomic E-state index is 0.249. The minimum Gasteiger partial charge on any atom is -0.313 e.